The number of benzene rings is 3. The number of nitrogens with zero attached hydrogens (tertiary/aromatic N) is 3. The Morgan fingerprint density at radius 3 is 2.24 bits per heavy atom. The van der Waals surface area contributed by atoms with Crippen LogP contribution in [0.5, 0.6) is 0 Å². The molecule has 0 spiro atoms. The molecule has 0 bridgehead atoms. The number of carbonyl (C=O) groups excluding carboxylic acids is 2. The molecule has 0 unspecified atom stereocenters. The first-order valence-corrected chi connectivity index (χ1v) is 17.7. The fourth-order valence-corrected chi connectivity index (χ4v) is 8.89. The van der Waals surface area contributed by atoms with Gasteiger partial charge in [0.25, 0.3) is 11.8 Å². The summed E-state index contributed by atoms with van der Waals surface area (Å²) in [5.74, 6) is -0.451. The summed E-state index contributed by atoms with van der Waals surface area (Å²) in [4.78, 5) is 32.6. The molecule has 0 saturated carbocycles. The minimum absolute atomic E-state index is 0.0751. The monoisotopic (exact) mass is 642 g/mol. The van der Waals surface area contributed by atoms with Crippen LogP contribution in [-0.2, 0) is 42.5 Å². The highest BCUT2D eigenvalue weighted by atomic mass is 32.2. The van der Waals surface area contributed by atoms with Crippen LogP contribution in [0.25, 0.3) is 0 Å². The van der Waals surface area contributed by atoms with Gasteiger partial charge in [-0.15, -0.1) is 11.3 Å². The lowest BCUT2D eigenvalue weighted by Crippen LogP contribution is -2.35. The lowest BCUT2D eigenvalue weighted by atomic mass is 10.0. The molecule has 2 amide bonds. The zero-order chi connectivity index (χ0) is 31.6. The van der Waals surface area contributed by atoms with Crippen molar-refractivity contribution in [2.75, 3.05) is 31.5 Å². The van der Waals surface area contributed by atoms with Crippen molar-refractivity contribution in [3.8, 4) is 0 Å². The van der Waals surface area contributed by atoms with Gasteiger partial charge in [0, 0.05) is 56.3 Å². The molecule has 1 aromatic heterocycles. The summed E-state index contributed by atoms with van der Waals surface area (Å²) < 4.78 is 28.4. The number of thiophene rings is 1. The molecular formula is C35H38N4O4S2. The van der Waals surface area contributed by atoms with E-state index in [2.05, 4.69) is 22.3 Å². The van der Waals surface area contributed by atoms with Crippen molar-refractivity contribution in [1.29, 1.82) is 0 Å². The Morgan fingerprint density at radius 1 is 0.844 bits per heavy atom. The Kier molecular flexibility index (Phi) is 9.18. The number of hydrogen-bond acceptors (Lipinski definition) is 6. The van der Waals surface area contributed by atoms with Gasteiger partial charge in [0.2, 0.25) is 10.0 Å². The number of anilines is 1. The van der Waals surface area contributed by atoms with Crippen LogP contribution >= 0.6 is 11.3 Å². The van der Waals surface area contributed by atoms with Crippen LogP contribution in [0.4, 0.5) is 5.00 Å². The van der Waals surface area contributed by atoms with Crippen LogP contribution in [0.2, 0.25) is 0 Å². The van der Waals surface area contributed by atoms with Gasteiger partial charge in [-0.1, -0.05) is 54.6 Å². The molecule has 0 saturated heterocycles. The molecule has 0 fully saturated rings. The van der Waals surface area contributed by atoms with Crippen molar-refractivity contribution in [2.45, 2.75) is 51.2 Å². The standard InChI is InChI=1S/C35H38N4O4S2/c1-3-38(4-2)35(41)32-30-19-20-37(22-25-10-6-5-7-11-25)24-31(30)44-34(32)36-33(40)27-14-16-29(17-15-27)45(42,43)39-21-18-26-12-8-9-13-28(26)23-39/h5-17H,3-4,18-24H2,1-2H3,(H,36,40). The Labute approximate surface area is 269 Å². The van der Waals surface area contributed by atoms with Crippen molar-refractivity contribution >= 4 is 38.2 Å². The third kappa shape index (κ3) is 6.46. The van der Waals surface area contributed by atoms with Crippen LogP contribution in [-0.4, -0.2) is 60.5 Å². The molecule has 0 aliphatic carbocycles. The second kappa shape index (κ2) is 13.3. The maximum Gasteiger partial charge on any atom is 0.257 e. The molecular weight excluding hydrogens is 605 g/mol. The molecule has 0 atom stereocenters. The molecule has 6 rings (SSSR count). The molecule has 0 radical (unpaired) electrons. The first kappa shape index (κ1) is 31.2. The topological polar surface area (TPSA) is 90.0 Å². The maximum atomic E-state index is 13.7. The molecule has 3 heterocycles. The second-order valence-corrected chi connectivity index (χ2v) is 14.5. The van der Waals surface area contributed by atoms with E-state index >= 15 is 0 Å². The van der Waals surface area contributed by atoms with E-state index in [9.17, 15) is 18.0 Å². The second-order valence-electron chi connectivity index (χ2n) is 11.5. The van der Waals surface area contributed by atoms with Gasteiger partial charge in [0.05, 0.1) is 10.5 Å². The average molecular weight is 643 g/mol. The number of sulfonamides is 1. The summed E-state index contributed by atoms with van der Waals surface area (Å²) in [6.07, 6.45) is 1.39. The largest absolute Gasteiger partial charge is 0.339 e. The predicted octanol–water partition coefficient (Wildman–Crippen LogP) is 5.79. The number of nitrogens with one attached hydrogen (secondary N) is 1. The molecule has 3 aromatic carbocycles. The normalized spacial score (nSPS) is 15.2. The van der Waals surface area contributed by atoms with E-state index in [0.717, 1.165) is 35.5 Å². The smallest absolute Gasteiger partial charge is 0.257 e. The summed E-state index contributed by atoms with van der Waals surface area (Å²) in [5, 5.41) is 3.57. The van der Waals surface area contributed by atoms with E-state index in [0.29, 0.717) is 55.3 Å². The van der Waals surface area contributed by atoms with Crippen LogP contribution in [0.15, 0.2) is 83.8 Å². The number of amides is 2. The zero-order valence-electron chi connectivity index (χ0n) is 25.7. The number of carbonyl (C=O) groups is 2. The van der Waals surface area contributed by atoms with E-state index in [1.165, 1.54) is 38.9 Å². The molecule has 45 heavy (non-hydrogen) atoms. The minimum atomic E-state index is -3.72. The fraction of sp³-hybridized carbons (Fsp3) is 0.314. The van der Waals surface area contributed by atoms with Crippen LogP contribution in [0.3, 0.4) is 0 Å². The van der Waals surface area contributed by atoms with Crippen molar-refractivity contribution in [1.82, 2.24) is 14.1 Å². The van der Waals surface area contributed by atoms with Crippen molar-refractivity contribution in [3.05, 3.63) is 117 Å². The van der Waals surface area contributed by atoms with Gasteiger partial charge in [0.1, 0.15) is 5.00 Å². The number of fused-ring (bicyclic) bond motifs is 2. The number of hydrogen-bond donors (Lipinski definition) is 1. The van der Waals surface area contributed by atoms with Gasteiger partial charge in [-0.3, -0.25) is 14.5 Å². The summed E-state index contributed by atoms with van der Waals surface area (Å²) >= 11 is 1.46. The first-order chi connectivity index (χ1) is 21.8. The van der Waals surface area contributed by atoms with Crippen molar-refractivity contribution in [3.63, 3.8) is 0 Å². The SMILES string of the molecule is CCN(CC)C(=O)c1c(NC(=O)c2ccc(S(=O)(=O)N3CCc4ccccc4C3)cc2)sc2c1CCN(Cc1ccccc1)C2. The zero-order valence-corrected chi connectivity index (χ0v) is 27.3. The number of rotatable bonds is 9. The van der Waals surface area contributed by atoms with Crippen molar-refractivity contribution < 1.29 is 18.0 Å². The average Bonchev–Trinajstić information content (AvgIpc) is 3.42. The Morgan fingerprint density at radius 2 is 1.53 bits per heavy atom. The molecule has 1 N–H and O–H groups in total. The first-order valence-electron chi connectivity index (χ1n) is 15.5. The highest BCUT2D eigenvalue weighted by Crippen LogP contribution is 2.38. The highest BCUT2D eigenvalue weighted by molar-refractivity contribution is 7.89. The van der Waals surface area contributed by atoms with Gasteiger partial charge in [0.15, 0.2) is 0 Å². The lowest BCUT2D eigenvalue weighted by Gasteiger charge is -2.28. The summed E-state index contributed by atoms with van der Waals surface area (Å²) in [5.41, 5.74) is 5.35. The Bertz CT molecular complexity index is 1800. The van der Waals surface area contributed by atoms with E-state index in [1.54, 1.807) is 17.0 Å². The van der Waals surface area contributed by atoms with E-state index in [1.807, 2.05) is 56.3 Å². The van der Waals surface area contributed by atoms with Gasteiger partial charge in [-0.2, -0.15) is 4.31 Å². The highest BCUT2D eigenvalue weighted by Gasteiger charge is 2.31. The van der Waals surface area contributed by atoms with Gasteiger partial charge >= 0.3 is 0 Å². The molecule has 8 nitrogen and oxygen atoms in total. The van der Waals surface area contributed by atoms with E-state index in [4.69, 9.17) is 0 Å². The molecule has 2 aliphatic heterocycles. The molecule has 234 valence electrons. The van der Waals surface area contributed by atoms with E-state index < -0.39 is 10.0 Å². The van der Waals surface area contributed by atoms with Gasteiger partial charge < -0.3 is 10.2 Å². The lowest BCUT2D eigenvalue weighted by molar-refractivity contribution is 0.0772. The quantitative estimate of drug-likeness (QED) is 0.250. The van der Waals surface area contributed by atoms with Gasteiger partial charge in [-0.25, -0.2) is 8.42 Å². The van der Waals surface area contributed by atoms with E-state index in [-0.39, 0.29) is 16.7 Å². The molecule has 10 heteroatoms. The van der Waals surface area contributed by atoms with Crippen LogP contribution in [0, 0.1) is 0 Å². The molecule has 2 aliphatic rings. The fourth-order valence-electron chi connectivity index (χ4n) is 6.19. The molecule has 4 aromatic rings. The summed E-state index contributed by atoms with van der Waals surface area (Å²) in [6, 6.07) is 24.3. The van der Waals surface area contributed by atoms with Crippen molar-refractivity contribution in [2.24, 2.45) is 0 Å². The summed E-state index contributed by atoms with van der Waals surface area (Å²) in [6.45, 7) is 8.15. The van der Waals surface area contributed by atoms with Crippen LogP contribution in [0.1, 0.15) is 61.7 Å². The third-order valence-corrected chi connectivity index (χ3v) is 11.7. The minimum Gasteiger partial charge on any atom is -0.339 e. The third-order valence-electron chi connectivity index (χ3n) is 8.73. The van der Waals surface area contributed by atoms with Crippen LogP contribution < -0.4 is 5.32 Å². The maximum absolute atomic E-state index is 13.7. The van der Waals surface area contributed by atoms with Gasteiger partial charge in [-0.05, 0) is 73.2 Å². The Hall–Kier alpha value is -3.83. The summed E-state index contributed by atoms with van der Waals surface area (Å²) in [7, 11) is -3.72. The predicted molar refractivity (Wildman–Crippen MR) is 178 cm³/mol. The Balaban J connectivity index is 1.22.